The first-order chi connectivity index (χ1) is 16.2. The van der Waals surface area contributed by atoms with E-state index in [1.54, 1.807) is 0 Å². The van der Waals surface area contributed by atoms with Crippen molar-refractivity contribution in [3.8, 4) is 23.0 Å². The minimum Gasteiger partial charge on any atom is -0.528 e. The van der Waals surface area contributed by atoms with Gasteiger partial charge in [0.05, 0.1) is 0 Å². The van der Waals surface area contributed by atoms with Crippen molar-refractivity contribution in [1.82, 2.24) is 0 Å². The van der Waals surface area contributed by atoms with Crippen LogP contribution in [0.1, 0.15) is 11.1 Å². The van der Waals surface area contributed by atoms with Crippen molar-refractivity contribution in [3.63, 3.8) is 0 Å². The molecule has 0 N–H and O–H groups in total. The number of ether oxygens (including phenoxy) is 2. The highest BCUT2D eigenvalue weighted by Crippen LogP contribution is 2.24. The lowest BCUT2D eigenvalue weighted by Gasteiger charge is -2.12. The first kappa shape index (κ1) is 22.9. The predicted molar refractivity (Wildman–Crippen MR) is 133 cm³/mol. The molecule has 4 nitrogen and oxygen atoms in total. The third-order valence-corrected chi connectivity index (χ3v) is 5.50. The van der Waals surface area contributed by atoms with Crippen LogP contribution < -0.4 is 18.8 Å². The van der Waals surface area contributed by atoms with Gasteiger partial charge in [0, 0.05) is 33.3 Å². The second-order valence-corrected chi connectivity index (χ2v) is 7.93. The van der Waals surface area contributed by atoms with Crippen LogP contribution in [0.4, 0.5) is 0 Å². The van der Waals surface area contributed by atoms with Crippen LogP contribution in [0.25, 0.3) is 0 Å². The van der Waals surface area contributed by atoms with Crippen LogP contribution in [0, 0.1) is 0 Å². The summed E-state index contributed by atoms with van der Waals surface area (Å²) in [6, 6.07) is 29.9. The third-order valence-electron chi connectivity index (χ3n) is 4.77. The Balaban J connectivity index is 1.27. The summed E-state index contributed by atoms with van der Waals surface area (Å²) in [5.74, 6) is 2.64. The van der Waals surface area contributed by atoms with Gasteiger partial charge in [-0.3, -0.25) is 0 Å². The highest BCUT2D eigenvalue weighted by Gasteiger charge is 2.06. The summed E-state index contributed by atoms with van der Waals surface area (Å²) in [5.41, 5.74) is 1.84. The van der Waals surface area contributed by atoms with Gasteiger partial charge in [-0.2, -0.15) is 0 Å². The van der Waals surface area contributed by atoms with Crippen molar-refractivity contribution < 1.29 is 18.8 Å². The van der Waals surface area contributed by atoms with Crippen molar-refractivity contribution >= 4 is 30.9 Å². The van der Waals surface area contributed by atoms with E-state index < -0.39 is 0 Å². The zero-order chi connectivity index (χ0) is 22.9. The molecular formula is C26H21BCl2O4. The second-order valence-electron chi connectivity index (χ2n) is 7.12. The Kier molecular flexibility index (Phi) is 8.02. The summed E-state index contributed by atoms with van der Waals surface area (Å²) in [4.78, 5) is 0. The van der Waals surface area contributed by atoms with Crippen LogP contribution in [-0.4, -0.2) is 7.69 Å². The number of halogens is 2. The van der Waals surface area contributed by atoms with Gasteiger partial charge >= 0.3 is 7.69 Å². The average molecular weight is 479 g/mol. The molecule has 0 atom stereocenters. The van der Waals surface area contributed by atoms with Crippen LogP contribution in [-0.2, 0) is 13.2 Å². The van der Waals surface area contributed by atoms with E-state index in [1.807, 2.05) is 97.1 Å². The molecule has 166 valence electrons. The molecule has 4 aromatic rings. The lowest BCUT2D eigenvalue weighted by atomic mass is 10.2. The normalized spacial score (nSPS) is 10.4. The molecular weight excluding hydrogens is 458 g/mol. The molecule has 0 saturated heterocycles. The van der Waals surface area contributed by atoms with Crippen molar-refractivity contribution in [2.75, 3.05) is 0 Å². The van der Waals surface area contributed by atoms with E-state index in [0.717, 1.165) is 11.1 Å². The van der Waals surface area contributed by atoms with E-state index in [4.69, 9.17) is 42.0 Å². The molecule has 0 radical (unpaired) electrons. The first-order valence-corrected chi connectivity index (χ1v) is 11.1. The fourth-order valence-corrected chi connectivity index (χ4v) is 3.41. The molecule has 7 heteroatoms. The quantitative estimate of drug-likeness (QED) is 0.233. The van der Waals surface area contributed by atoms with E-state index in [-0.39, 0.29) is 7.69 Å². The minimum atomic E-state index is 0.0436. The van der Waals surface area contributed by atoms with Crippen molar-refractivity contribution in [3.05, 3.63) is 118 Å². The molecule has 0 fully saturated rings. The van der Waals surface area contributed by atoms with Crippen molar-refractivity contribution in [1.29, 1.82) is 0 Å². The van der Waals surface area contributed by atoms with Crippen LogP contribution in [0.3, 0.4) is 0 Å². The van der Waals surface area contributed by atoms with Crippen LogP contribution in [0.2, 0.25) is 10.0 Å². The van der Waals surface area contributed by atoms with Gasteiger partial charge in [-0.1, -0.05) is 71.7 Å². The molecule has 0 amide bonds. The fourth-order valence-electron chi connectivity index (χ4n) is 3.03. The molecule has 0 heterocycles. The van der Waals surface area contributed by atoms with Crippen LogP contribution in [0.5, 0.6) is 23.0 Å². The maximum Gasteiger partial charge on any atom is 0.576 e. The van der Waals surface area contributed by atoms with Crippen LogP contribution >= 0.6 is 23.2 Å². The Labute approximate surface area is 203 Å². The van der Waals surface area contributed by atoms with Crippen LogP contribution in [0.15, 0.2) is 97.1 Å². The highest BCUT2D eigenvalue weighted by atomic mass is 35.5. The highest BCUT2D eigenvalue weighted by molar-refractivity contribution is 6.31. The van der Waals surface area contributed by atoms with E-state index in [0.29, 0.717) is 46.3 Å². The maximum absolute atomic E-state index is 6.18. The third kappa shape index (κ3) is 6.85. The van der Waals surface area contributed by atoms with Gasteiger partial charge in [0.25, 0.3) is 0 Å². The Bertz CT molecular complexity index is 1110. The van der Waals surface area contributed by atoms with Gasteiger partial charge in [0.15, 0.2) is 0 Å². The Hall–Kier alpha value is -3.28. The molecule has 0 unspecified atom stereocenters. The largest absolute Gasteiger partial charge is 0.576 e. The summed E-state index contributed by atoms with van der Waals surface area (Å²) < 4.78 is 23.1. The second kappa shape index (κ2) is 11.5. The SMILES string of the molecule is Clc1ccccc1COc1cccc(OBOc2cccc(OCc3ccccc3Cl)c2)c1. The smallest absolute Gasteiger partial charge is 0.528 e. The lowest BCUT2D eigenvalue weighted by molar-refractivity contribution is 0.304. The molecule has 0 spiro atoms. The molecule has 33 heavy (non-hydrogen) atoms. The number of hydrogen-bond donors (Lipinski definition) is 0. The van der Waals surface area contributed by atoms with E-state index in [1.165, 1.54) is 0 Å². The molecule has 4 aromatic carbocycles. The lowest BCUT2D eigenvalue weighted by Crippen LogP contribution is -2.11. The van der Waals surface area contributed by atoms with Gasteiger partial charge in [0.2, 0.25) is 0 Å². The molecule has 0 aliphatic carbocycles. The zero-order valence-corrected chi connectivity index (χ0v) is 19.3. The fraction of sp³-hybridized carbons (Fsp3) is 0.0769. The molecule has 0 saturated carbocycles. The van der Waals surface area contributed by atoms with Gasteiger partial charge in [0.1, 0.15) is 36.2 Å². The molecule has 0 aliphatic rings. The number of benzene rings is 4. The van der Waals surface area contributed by atoms with Gasteiger partial charge in [-0.15, -0.1) is 0 Å². The summed E-state index contributed by atoms with van der Waals surface area (Å²) in [5, 5.41) is 1.35. The first-order valence-electron chi connectivity index (χ1n) is 10.4. The Morgan fingerprint density at radius 1 is 0.515 bits per heavy atom. The maximum atomic E-state index is 6.18. The van der Waals surface area contributed by atoms with Gasteiger partial charge in [-0.25, -0.2) is 0 Å². The molecule has 4 rings (SSSR count). The van der Waals surface area contributed by atoms with E-state index in [2.05, 4.69) is 0 Å². The Morgan fingerprint density at radius 2 is 0.939 bits per heavy atom. The van der Waals surface area contributed by atoms with E-state index in [9.17, 15) is 0 Å². The van der Waals surface area contributed by atoms with Gasteiger partial charge in [-0.05, 0) is 36.4 Å². The summed E-state index contributed by atoms with van der Waals surface area (Å²) in [7, 11) is 0.0436. The summed E-state index contributed by atoms with van der Waals surface area (Å²) in [6.07, 6.45) is 0. The number of rotatable bonds is 10. The monoisotopic (exact) mass is 478 g/mol. The standard InChI is InChI=1S/C26H21BCl2O4/c28-25-13-3-1-7-19(25)17-30-21-9-5-11-23(15-21)32-27-33-24-12-6-10-22(16-24)31-18-20-8-2-4-14-26(20)29/h1-16,27H,17-18H2. The van der Waals surface area contributed by atoms with Gasteiger partial charge < -0.3 is 18.8 Å². The van der Waals surface area contributed by atoms with E-state index >= 15 is 0 Å². The zero-order valence-electron chi connectivity index (χ0n) is 17.7. The molecule has 0 aromatic heterocycles. The molecule has 0 aliphatic heterocycles. The molecule has 0 bridgehead atoms. The van der Waals surface area contributed by atoms with Crippen molar-refractivity contribution in [2.45, 2.75) is 13.2 Å². The predicted octanol–water partition coefficient (Wildman–Crippen LogP) is 6.88. The summed E-state index contributed by atoms with van der Waals surface area (Å²) in [6.45, 7) is 0.751. The topological polar surface area (TPSA) is 36.9 Å². The van der Waals surface area contributed by atoms with Crippen molar-refractivity contribution in [2.24, 2.45) is 0 Å². The summed E-state index contributed by atoms with van der Waals surface area (Å²) >= 11 is 12.4. The minimum absolute atomic E-state index is 0.0436. The average Bonchev–Trinajstić information content (AvgIpc) is 2.84. The Morgan fingerprint density at radius 3 is 1.39 bits per heavy atom. The number of hydrogen-bond acceptors (Lipinski definition) is 4.